The van der Waals surface area contributed by atoms with Crippen molar-refractivity contribution in [3.8, 4) is 17.4 Å². The lowest BCUT2D eigenvalue weighted by atomic mass is 10.3. The Hall–Kier alpha value is -2.17. The maximum atomic E-state index is 5.56. The first-order valence-electron chi connectivity index (χ1n) is 4.39. The fourth-order valence-corrected chi connectivity index (χ4v) is 1.15. The van der Waals surface area contributed by atoms with Crippen LogP contribution in [0.25, 0.3) is 11.5 Å². The van der Waals surface area contributed by atoms with Crippen molar-refractivity contribution < 1.29 is 4.74 Å². The molecule has 0 atom stereocenters. The third kappa shape index (κ3) is 2.01. The van der Waals surface area contributed by atoms with Crippen LogP contribution in [0.5, 0.6) is 5.88 Å². The van der Waals surface area contributed by atoms with E-state index in [-0.39, 0.29) is 0 Å². The molecule has 2 N–H and O–H groups in total. The molecule has 0 bridgehead atoms. The smallest absolute Gasteiger partial charge is 0.213 e. The molecule has 0 unspecified atom stereocenters. The maximum Gasteiger partial charge on any atom is 0.213 e. The fourth-order valence-electron chi connectivity index (χ4n) is 1.15. The first-order chi connectivity index (χ1) is 7.29. The van der Waals surface area contributed by atoms with Crippen LogP contribution in [0.3, 0.4) is 0 Å². The van der Waals surface area contributed by atoms with Crippen molar-refractivity contribution >= 4 is 5.82 Å². The minimum absolute atomic E-state index is 0.421. The van der Waals surface area contributed by atoms with Crippen LogP contribution in [0, 0.1) is 0 Å². The number of hydrogen-bond acceptors (Lipinski definition) is 5. The summed E-state index contributed by atoms with van der Waals surface area (Å²) in [5.74, 6) is 1.44. The van der Waals surface area contributed by atoms with Crippen LogP contribution in [-0.2, 0) is 0 Å². The summed E-state index contributed by atoms with van der Waals surface area (Å²) in [4.78, 5) is 12.3. The quantitative estimate of drug-likeness (QED) is 0.790. The standard InChI is InChI=1S/C10H10N4O/c1-15-9-4-2-3-7(13-9)10-12-6-5-8(11)14-10/h2-6H,1H3,(H2,11,12,14). The topological polar surface area (TPSA) is 73.9 Å². The van der Waals surface area contributed by atoms with Crippen molar-refractivity contribution in [3.05, 3.63) is 30.5 Å². The molecule has 0 aliphatic rings. The van der Waals surface area contributed by atoms with Crippen molar-refractivity contribution in [2.24, 2.45) is 0 Å². The molecule has 0 fully saturated rings. The lowest BCUT2D eigenvalue weighted by Crippen LogP contribution is -1.97. The van der Waals surface area contributed by atoms with Crippen LogP contribution in [0.2, 0.25) is 0 Å². The Morgan fingerprint density at radius 1 is 1.20 bits per heavy atom. The molecule has 0 aromatic carbocycles. The minimum atomic E-state index is 0.421. The molecule has 2 aromatic rings. The third-order valence-corrected chi connectivity index (χ3v) is 1.84. The van der Waals surface area contributed by atoms with Gasteiger partial charge in [-0.25, -0.2) is 15.0 Å². The number of nitrogens with two attached hydrogens (primary N) is 1. The highest BCUT2D eigenvalue weighted by molar-refractivity contribution is 5.51. The van der Waals surface area contributed by atoms with E-state index in [9.17, 15) is 0 Å². The second kappa shape index (κ2) is 3.91. The lowest BCUT2D eigenvalue weighted by Gasteiger charge is -2.02. The van der Waals surface area contributed by atoms with Gasteiger partial charge in [-0.2, -0.15) is 0 Å². The predicted molar refractivity (Wildman–Crippen MR) is 56.2 cm³/mol. The molecule has 2 heterocycles. The SMILES string of the molecule is COc1cccc(-c2nccc(N)n2)n1. The van der Waals surface area contributed by atoms with E-state index in [1.807, 2.05) is 6.07 Å². The van der Waals surface area contributed by atoms with Crippen LogP contribution in [0.1, 0.15) is 0 Å². The van der Waals surface area contributed by atoms with E-state index in [0.29, 0.717) is 23.2 Å². The van der Waals surface area contributed by atoms with E-state index in [4.69, 9.17) is 10.5 Å². The molecule has 2 aromatic heterocycles. The highest BCUT2D eigenvalue weighted by atomic mass is 16.5. The van der Waals surface area contributed by atoms with Crippen molar-refractivity contribution in [2.75, 3.05) is 12.8 Å². The van der Waals surface area contributed by atoms with E-state index in [2.05, 4.69) is 15.0 Å². The molecule has 0 amide bonds. The molecule has 0 spiro atoms. The van der Waals surface area contributed by atoms with E-state index < -0.39 is 0 Å². The lowest BCUT2D eigenvalue weighted by molar-refractivity contribution is 0.398. The molecule has 0 radical (unpaired) electrons. The Morgan fingerprint density at radius 3 is 2.80 bits per heavy atom. The number of nitrogen functional groups attached to an aromatic ring is 1. The average molecular weight is 202 g/mol. The number of methoxy groups -OCH3 is 1. The fraction of sp³-hybridized carbons (Fsp3) is 0.100. The number of rotatable bonds is 2. The van der Waals surface area contributed by atoms with Crippen LogP contribution in [-0.4, -0.2) is 22.1 Å². The molecule has 15 heavy (non-hydrogen) atoms. The van der Waals surface area contributed by atoms with E-state index in [1.54, 1.807) is 31.5 Å². The number of aromatic nitrogens is 3. The van der Waals surface area contributed by atoms with Gasteiger partial charge in [-0.3, -0.25) is 0 Å². The number of pyridine rings is 1. The van der Waals surface area contributed by atoms with Gasteiger partial charge in [-0.05, 0) is 12.1 Å². The summed E-state index contributed by atoms with van der Waals surface area (Å²) in [6.45, 7) is 0. The summed E-state index contributed by atoms with van der Waals surface area (Å²) in [6.07, 6.45) is 1.60. The van der Waals surface area contributed by atoms with Gasteiger partial charge in [0.15, 0.2) is 5.82 Å². The zero-order valence-corrected chi connectivity index (χ0v) is 8.21. The Kier molecular flexibility index (Phi) is 2.45. The largest absolute Gasteiger partial charge is 0.481 e. The molecule has 0 aliphatic carbocycles. The summed E-state index contributed by atoms with van der Waals surface area (Å²) in [5.41, 5.74) is 6.20. The molecule has 0 saturated carbocycles. The maximum absolute atomic E-state index is 5.56. The zero-order valence-electron chi connectivity index (χ0n) is 8.21. The van der Waals surface area contributed by atoms with Crippen LogP contribution in [0.15, 0.2) is 30.5 Å². The monoisotopic (exact) mass is 202 g/mol. The van der Waals surface area contributed by atoms with Crippen molar-refractivity contribution in [1.29, 1.82) is 0 Å². The highest BCUT2D eigenvalue weighted by Crippen LogP contribution is 2.15. The normalized spacial score (nSPS) is 9.93. The second-order valence-corrected chi connectivity index (χ2v) is 2.87. The van der Waals surface area contributed by atoms with E-state index in [1.165, 1.54) is 0 Å². The molecular weight excluding hydrogens is 192 g/mol. The molecule has 0 saturated heterocycles. The third-order valence-electron chi connectivity index (χ3n) is 1.84. The number of ether oxygens (including phenoxy) is 1. The summed E-state index contributed by atoms with van der Waals surface area (Å²) in [5, 5.41) is 0. The van der Waals surface area contributed by atoms with Crippen molar-refractivity contribution in [3.63, 3.8) is 0 Å². The predicted octanol–water partition coefficient (Wildman–Crippen LogP) is 1.13. The second-order valence-electron chi connectivity index (χ2n) is 2.87. The summed E-state index contributed by atoms with van der Waals surface area (Å²) < 4.78 is 5.01. The van der Waals surface area contributed by atoms with Gasteiger partial charge in [0.25, 0.3) is 0 Å². The average Bonchev–Trinajstić information content (AvgIpc) is 2.29. The van der Waals surface area contributed by atoms with Gasteiger partial charge < -0.3 is 10.5 Å². The van der Waals surface area contributed by atoms with Gasteiger partial charge in [0.05, 0.1) is 7.11 Å². The van der Waals surface area contributed by atoms with Gasteiger partial charge in [0.2, 0.25) is 5.88 Å². The van der Waals surface area contributed by atoms with Crippen LogP contribution in [0.4, 0.5) is 5.82 Å². The first-order valence-corrected chi connectivity index (χ1v) is 4.39. The van der Waals surface area contributed by atoms with Gasteiger partial charge in [0, 0.05) is 12.3 Å². The molecule has 0 aliphatic heterocycles. The number of nitrogens with zero attached hydrogens (tertiary/aromatic N) is 3. The summed E-state index contributed by atoms with van der Waals surface area (Å²) in [7, 11) is 1.56. The first kappa shape index (κ1) is 9.39. The molecule has 5 heteroatoms. The minimum Gasteiger partial charge on any atom is -0.481 e. The Bertz CT molecular complexity index is 472. The number of hydrogen-bond donors (Lipinski definition) is 1. The van der Waals surface area contributed by atoms with Crippen LogP contribution >= 0.6 is 0 Å². The number of anilines is 1. The highest BCUT2D eigenvalue weighted by Gasteiger charge is 2.03. The van der Waals surface area contributed by atoms with Gasteiger partial charge in [0.1, 0.15) is 11.5 Å². The molecule has 5 nitrogen and oxygen atoms in total. The molecule has 2 rings (SSSR count). The Balaban J connectivity index is 2.44. The van der Waals surface area contributed by atoms with E-state index in [0.717, 1.165) is 0 Å². The Morgan fingerprint density at radius 2 is 2.07 bits per heavy atom. The molecule has 76 valence electrons. The van der Waals surface area contributed by atoms with Gasteiger partial charge in [-0.15, -0.1) is 0 Å². The van der Waals surface area contributed by atoms with Gasteiger partial charge >= 0.3 is 0 Å². The van der Waals surface area contributed by atoms with E-state index >= 15 is 0 Å². The van der Waals surface area contributed by atoms with Crippen LogP contribution < -0.4 is 10.5 Å². The summed E-state index contributed by atoms with van der Waals surface area (Å²) >= 11 is 0. The van der Waals surface area contributed by atoms with Gasteiger partial charge in [-0.1, -0.05) is 6.07 Å². The van der Waals surface area contributed by atoms with Crippen molar-refractivity contribution in [2.45, 2.75) is 0 Å². The molecular formula is C10H10N4O. The zero-order chi connectivity index (χ0) is 10.7. The summed E-state index contributed by atoms with van der Waals surface area (Å²) in [6, 6.07) is 7.02. The van der Waals surface area contributed by atoms with Crippen molar-refractivity contribution in [1.82, 2.24) is 15.0 Å². The Labute approximate surface area is 87.0 Å².